The number of nitrogens with zero attached hydrogens (tertiary/aromatic N) is 5. The largest absolute Gasteiger partial charge is 0.481 e. The molecular weight excluding hydrogens is 370 g/mol. The van der Waals surface area contributed by atoms with Crippen LogP contribution in [0.25, 0.3) is 0 Å². The predicted molar refractivity (Wildman–Crippen MR) is 107 cm³/mol. The summed E-state index contributed by atoms with van der Waals surface area (Å²) in [5, 5.41) is 8.66. The summed E-state index contributed by atoms with van der Waals surface area (Å²) in [6.07, 6.45) is 5.26. The van der Waals surface area contributed by atoms with Gasteiger partial charge in [-0.1, -0.05) is 20.3 Å². The quantitative estimate of drug-likeness (QED) is 0.743. The average molecular weight is 399 g/mol. The SMILES string of the molecule is COc1ccc(C(=O)N2CC(c3nncn3CC(C)C)C3(CCC3)C2)c(OC)n1. The molecule has 156 valence electrons. The lowest BCUT2D eigenvalue weighted by molar-refractivity contribution is 0.0719. The lowest BCUT2D eigenvalue weighted by atomic mass is 9.62. The first-order valence-corrected chi connectivity index (χ1v) is 10.2. The van der Waals surface area contributed by atoms with Crippen LogP contribution in [0.2, 0.25) is 0 Å². The zero-order valence-corrected chi connectivity index (χ0v) is 17.6. The van der Waals surface area contributed by atoms with Crippen LogP contribution in [0.1, 0.15) is 55.2 Å². The van der Waals surface area contributed by atoms with E-state index in [0.717, 1.165) is 31.8 Å². The molecule has 3 heterocycles. The molecule has 8 heteroatoms. The smallest absolute Gasteiger partial charge is 0.259 e. The van der Waals surface area contributed by atoms with Gasteiger partial charge < -0.3 is 18.9 Å². The summed E-state index contributed by atoms with van der Waals surface area (Å²) in [7, 11) is 3.06. The van der Waals surface area contributed by atoms with Crippen LogP contribution >= 0.6 is 0 Å². The van der Waals surface area contributed by atoms with Crippen molar-refractivity contribution in [1.82, 2.24) is 24.6 Å². The Hall–Kier alpha value is -2.64. The highest BCUT2D eigenvalue weighted by Crippen LogP contribution is 2.55. The number of likely N-dealkylation sites (tertiary alicyclic amines) is 1. The Morgan fingerprint density at radius 1 is 1.28 bits per heavy atom. The molecule has 2 aromatic heterocycles. The molecule has 1 saturated heterocycles. The molecule has 0 radical (unpaired) electrons. The number of carbonyl (C=O) groups excluding carboxylic acids is 1. The monoisotopic (exact) mass is 399 g/mol. The van der Waals surface area contributed by atoms with Gasteiger partial charge in [-0.25, -0.2) is 0 Å². The molecule has 1 unspecified atom stereocenters. The first-order valence-electron chi connectivity index (χ1n) is 10.2. The van der Waals surface area contributed by atoms with E-state index in [4.69, 9.17) is 9.47 Å². The minimum absolute atomic E-state index is 0.0549. The van der Waals surface area contributed by atoms with Gasteiger partial charge in [0.05, 0.1) is 14.2 Å². The molecule has 0 N–H and O–H groups in total. The second-order valence-electron chi connectivity index (χ2n) is 8.60. The first-order chi connectivity index (χ1) is 14.0. The van der Waals surface area contributed by atoms with Gasteiger partial charge in [0.2, 0.25) is 11.8 Å². The van der Waals surface area contributed by atoms with Crippen molar-refractivity contribution in [3.05, 3.63) is 29.8 Å². The van der Waals surface area contributed by atoms with Gasteiger partial charge in [0, 0.05) is 31.6 Å². The fraction of sp³-hybridized carbons (Fsp3) is 0.619. The minimum atomic E-state index is -0.0549. The second kappa shape index (κ2) is 7.65. The average Bonchev–Trinajstić information content (AvgIpc) is 3.30. The molecule has 1 aliphatic carbocycles. The van der Waals surface area contributed by atoms with E-state index in [1.807, 2.05) is 11.2 Å². The Morgan fingerprint density at radius 3 is 2.69 bits per heavy atom. The van der Waals surface area contributed by atoms with E-state index >= 15 is 0 Å². The number of amides is 1. The third-order valence-corrected chi connectivity index (χ3v) is 6.27. The number of rotatable bonds is 6. The van der Waals surface area contributed by atoms with Crippen molar-refractivity contribution in [3.63, 3.8) is 0 Å². The molecule has 8 nitrogen and oxygen atoms in total. The van der Waals surface area contributed by atoms with Crippen molar-refractivity contribution in [2.24, 2.45) is 11.3 Å². The fourth-order valence-corrected chi connectivity index (χ4v) is 4.71. The number of carbonyl (C=O) groups is 1. The normalized spacial score (nSPS) is 20.2. The van der Waals surface area contributed by atoms with Crippen molar-refractivity contribution < 1.29 is 14.3 Å². The van der Waals surface area contributed by atoms with E-state index < -0.39 is 0 Å². The number of methoxy groups -OCH3 is 2. The highest BCUT2D eigenvalue weighted by atomic mass is 16.5. The van der Waals surface area contributed by atoms with Gasteiger partial charge >= 0.3 is 0 Å². The number of hydrogen-bond donors (Lipinski definition) is 0. The standard InChI is InChI=1S/C21H29N5O3/c1-14(2)10-26-13-22-24-18(26)16-11-25(12-21(16)8-5-9-21)20(27)15-6-7-17(28-3)23-19(15)29-4/h6-7,13-14,16H,5,8-12H2,1-4H3. The molecule has 0 aromatic carbocycles. The van der Waals surface area contributed by atoms with Gasteiger partial charge in [-0.15, -0.1) is 10.2 Å². The summed E-state index contributed by atoms with van der Waals surface area (Å²) >= 11 is 0. The van der Waals surface area contributed by atoms with E-state index in [1.54, 1.807) is 19.2 Å². The van der Waals surface area contributed by atoms with Crippen molar-refractivity contribution >= 4 is 5.91 Å². The van der Waals surface area contributed by atoms with Crippen LogP contribution in [-0.2, 0) is 6.54 Å². The number of hydrogen-bond acceptors (Lipinski definition) is 6. The van der Waals surface area contributed by atoms with Crippen LogP contribution in [-0.4, -0.2) is 57.9 Å². The van der Waals surface area contributed by atoms with Gasteiger partial charge in [0.15, 0.2) is 0 Å². The Kier molecular flexibility index (Phi) is 5.19. The molecule has 1 saturated carbocycles. The summed E-state index contributed by atoms with van der Waals surface area (Å²) in [6.45, 7) is 6.65. The van der Waals surface area contributed by atoms with Crippen molar-refractivity contribution in [1.29, 1.82) is 0 Å². The zero-order valence-electron chi connectivity index (χ0n) is 17.6. The molecule has 1 amide bonds. The fourth-order valence-electron chi connectivity index (χ4n) is 4.71. The van der Waals surface area contributed by atoms with Crippen LogP contribution < -0.4 is 9.47 Å². The van der Waals surface area contributed by atoms with E-state index in [-0.39, 0.29) is 17.2 Å². The highest BCUT2D eigenvalue weighted by molar-refractivity contribution is 5.96. The van der Waals surface area contributed by atoms with Crippen LogP contribution in [0.3, 0.4) is 0 Å². The third kappa shape index (κ3) is 3.45. The maximum absolute atomic E-state index is 13.4. The van der Waals surface area contributed by atoms with Gasteiger partial charge in [-0.05, 0) is 30.2 Å². The minimum Gasteiger partial charge on any atom is -0.481 e. The first kappa shape index (κ1) is 19.7. The molecule has 1 atom stereocenters. The zero-order chi connectivity index (χ0) is 20.6. The number of aromatic nitrogens is 4. The van der Waals surface area contributed by atoms with Gasteiger partial charge in [0.25, 0.3) is 5.91 Å². The molecule has 29 heavy (non-hydrogen) atoms. The summed E-state index contributed by atoms with van der Waals surface area (Å²) in [5.74, 6) is 2.39. The Morgan fingerprint density at radius 2 is 2.07 bits per heavy atom. The van der Waals surface area contributed by atoms with Crippen LogP contribution in [0.4, 0.5) is 0 Å². The third-order valence-electron chi connectivity index (χ3n) is 6.27. The van der Waals surface area contributed by atoms with Gasteiger partial charge in [-0.3, -0.25) is 4.79 Å². The maximum atomic E-state index is 13.4. The lowest BCUT2D eigenvalue weighted by Crippen LogP contribution is -2.38. The van der Waals surface area contributed by atoms with Crippen LogP contribution in [0.5, 0.6) is 11.8 Å². The molecule has 2 aliphatic rings. The number of ether oxygens (including phenoxy) is 2. The maximum Gasteiger partial charge on any atom is 0.259 e. The Labute approximate surface area is 171 Å². The summed E-state index contributed by atoms with van der Waals surface area (Å²) in [6, 6.07) is 3.43. The van der Waals surface area contributed by atoms with Crippen molar-refractivity contribution in [2.75, 3.05) is 27.3 Å². The van der Waals surface area contributed by atoms with E-state index in [0.29, 0.717) is 29.8 Å². The topological polar surface area (TPSA) is 82.4 Å². The second-order valence-corrected chi connectivity index (χ2v) is 8.60. The Bertz CT molecular complexity index is 890. The highest BCUT2D eigenvalue weighted by Gasteiger charge is 2.53. The molecule has 4 rings (SSSR count). The molecule has 1 spiro atoms. The van der Waals surface area contributed by atoms with Crippen molar-refractivity contribution in [2.45, 2.75) is 45.6 Å². The summed E-state index contributed by atoms with van der Waals surface area (Å²) < 4.78 is 12.7. The molecule has 0 bridgehead atoms. The van der Waals surface area contributed by atoms with Crippen molar-refractivity contribution in [3.8, 4) is 11.8 Å². The van der Waals surface area contributed by atoms with E-state index in [1.165, 1.54) is 13.5 Å². The Balaban J connectivity index is 1.62. The molecular formula is C21H29N5O3. The molecule has 1 aliphatic heterocycles. The molecule has 2 aromatic rings. The lowest BCUT2D eigenvalue weighted by Gasteiger charge is -2.42. The van der Waals surface area contributed by atoms with E-state index in [2.05, 4.69) is 33.6 Å². The van der Waals surface area contributed by atoms with E-state index in [9.17, 15) is 4.79 Å². The van der Waals surface area contributed by atoms with Gasteiger partial charge in [-0.2, -0.15) is 4.98 Å². The number of pyridine rings is 1. The summed E-state index contributed by atoms with van der Waals surface area (Å²) in [5.41, 5.74) is 0.567. The predicted octanol–water partition coefficient (Wildman–Crippen LogP) is 2.76. The molecule has 2 fully saturated rings. The van der Waals surface area contributed by atoms with Crippen LogP contribution in [0, 0.1) is 11.3 Å². The van der Waals surface area contributed by atoms with Crippen LogP contribution in [0.15, 0.2) is 18.5 Å². The summed E-state index contributed by atoms with van der Waals surface area (Å²) in [4.78, 5) is 19.6. The van der Waals surface area contributed by atoms with Gasteiger partial charge in [0.1, 0.15) is 17.7 Å².